The van der Waals surface area contributed by atoms with E-state index in [0.717, 1.165) is 12.8 Å². The zero-order chi connectivity index (χ0) is 16.6. The lowest BCUT2D eigenvalue weighted by atomic mass is 9.90. The highest BCUT2D eigenvalue weighted by Gasteiger charge is 2.47. The van der Waals surface area contributed by atoms with Crippen LogP contribution in [0.1, 0.15) is 25.7 Å². The van der Waals surface area contributed by atoms with Gasteiger partial charge >= 0.3 is 0 Å². The van der Waals surface area contributed by atoms with Crippen LogP contribution in [0.3, 0.4) is 0 Å². The van der Waals surface area contributed by atoms with Crippen LogP contribution in [0.4, 0.5) is 0 Å². The van der Waals surface area contributed by atoms with Gasteiger partial charge in [-0.1, -0.05) is 6.42 Å². The number of benzene rings is 1. The Labute approximate surface area is 141 Å². The van der Waals surface area contributed by atoms with Crippen LogP contribution in [0.5, 0.6) is 11.5 Å². The maximum atomic E-state index is 12.8. The van der Waals surface area contributed by atoms with E-state index in [2.05, 4.69) is 4.72 Å². The molecular weight excluding hydrogens is 334 g/mol. The Morgan fingerprint density at radius 2 is 1.75 bits per heavy atom. The maximum Gasteiger partial charge on any atom is 0.241 e. The molecule has 0 amide bonds. The van der Waals surface area contributed by atoms with E-state index in [0.29, 0.717) is 50.8 Å². The summed E-state index contributed by atoms with van der Waals surface area (Å²) in [6.45, 7) is 1.89. The number of nitrogens with one attached hydrogen (secondary N) is 1. The molecule has 1 aromatic rings. The molecule has 0 radical (unpaired) electrons. The van der Waals surface area contributed by atoms with Crippen LogP contribution < -0.4 is 14.2 Å². The summed E-state index contributed by atoms with van der Waals surface area (Å²) in [5.74, 6) is 0.201. The molecule has 0 aromatic heterocycles. The Morgan fingerprint density at radius 1 is 1.00 bits per heavy atom. The van der Waals surface area contributed by atoms with Gasteiger partial charge in [0.15, 0.2) is 17.3 Å². The van der Waals surface area contributed by atoms with Gasteiger partial charge in [-0.15, -0.1) is 0 Å². The van der Waals surface area contributed by atoms with Crippen molar-refractivity contribution in [1.82, 2.24) is 4.72 Å². The summed E-state index contributed by atoms with van der Waals surface area (Å²) in [5.41, 5.74) is 0. The smallest absolute Gasteiger partial charge is 0.241 e. The largest absolute Gasteiger partial charge is 0.486 e. The van der Waals surface area contributed by atoms with E-state index < -0.39 is 15.8 Å². The molecule has 2 heterocycles. The second-order valence-corrected chi connectivity index (χ2v) is 7.95. The Morgan fingerprint density at radius 3 is 2.54 bits per heavy atom. The quantitative estimate of drug-likeness (QED) is 0.883. The number of hydrogen-bond acceptors (Lipinski definition) is 6. The topological polar surface area (TPSA) is 83.1 Å². The van der Waals surface area contributed by atoms with E-state index >= 15 is 0 Å². The molecule has 24 heavy (non-hydrogen) atoms. The first-order chi connectivity index (χ1) is 11.6. The third-order valence-electron chi connectivity index (χ3n) is 4.70. The average Bonchev–Trinajstić information content (AvgIpc) is 3.06. The molecule has 0 bridgehead atoms. The molecule has 0 unspecified atom stereocenters. The minimum absolute atomic E-state index is 0.158. The molecule has 7 nitrogen and oxygen atoms in total. The molecule has 1 N–H and O–H groups in total. The van der Waals surface area contributed by atoms with E-state index in [-0.39, 0.29) is 10.9 Å². The molecule has 1 spiro atoms. The summed E-state index contributed by atoms with van der Waals surface area (Å²) in [5, 5.41) is 0. The summed E-state index contributed by atoms with van der Waals surface area (Å²) in [4.78, 5) is 0.158. The zero-order valence-electron chi connectivity index (χ0n) is 13.3. The summed E-state index contributed by atoms with van der Waals surface area (Å²) in [7, 11) is -3.70. The summed E-state index contributed by atoms with van der Waals surface area (Å²) < 4.78 is 50.9. The SMILES string of the molecule is O=S(=O)(N[C@@H]1CCCCC12OCCO2)c1ccc2c(c1)OCCO2. The van der Waals surface area contributed by atoms with Crippen molar-refractivity contribution in [2.45, 2.75) is 42.4 Å². The molecule has 1 atom stereocenters. The summed E-state index contributed by atoms with van der Waals surface area (Å²) in [6, 6.07) is 4.28. The standard InChI is InChI=1S/C16H21NO6S/c18-24(19,12-4-5-13-14(11-12)21-8-7-20-13)17-15-3-1-2-6-16(15)22-9-10-23-16/h4-5,11,15,17H,1-3,6-10H2/t15-/m1/s1. The van der Waals surface area contributed by atoms with Crippen molar-refractivity contribution in [2.24, 2.45) is 0 Å². The van der Waals surface area contributed by atoms with E-state index in [4.69, 9.17) is 18.9 Å². The van der Waals surface area contributed by atoms with Crippen LogP contribution in [0.2, 0.25) is 0 Å². The Hall–Kier alpha value is -1.35. The normalized spacial score (nSPS) is 25.8. The first kappa shape index (κ1) is 16.1. The fraction of sp³-hybridized carbons (Fsp3) is 0.625. The Balaban J connectivity index is 1.58. The predicted octanol–water partition coefficient (Wildman–Crippen LogP) is 1.42. The van der Waals surface area contributed by atoms with Gasteiger partial charge in [-0.25, -0.2) is 13.1 Å². The number of ether oxygens (including phenoxy) is 4. The monoisotopic (exact) mass is 355 g/mol. The fourth-order valence-corrected chi connectivity index (χ4v) is 4.84. The molecular formula is C16H21NO6S. The van der Waals surface area contributed by atoms with Crippen LogP contribution in [0.25, 0.3) is 0 Å². The highest BCUT2D eigenvalue weighted by Crippen LogP contribution is 2.37. The predicted molar refractivity (Wildman–Crippen MR) is 84.6 cm³/mol. The van der Waals surface area contributed by atoms with Gasteiger partial charge in [0, 0.05) is 12.5 Å². The summed E-state index contributed by atoms with van der Waals surface area (Å²) in [6.07, 6.45) is 3.33. The fourth-order valence-electron chi connectivity index (χ4n) is 3.52. The van der Waals surface area contributed by atoms with Gasteiger partial charge < -0.3 is 18.9 Å². The van der Waals surface area contributed by atoms with Gasteiger partial charge in [0.2, 0.25) is 10.0 Å². The van der Waals surface area contributed by atoms with Crippen LogP contribution in [-0.4, -0.2) is 46.7 Å². The van der Waals surface area contributed by atoms with Crippen molar-refractivity contribution in [2.75, 3.05) is 26.4 Å². The van der Waals surface area contributed by atoms with Crippen molar-refractivity contribution in [3.05, 3.63) is 18.2 Å². The Kier molecular flexibility index (Phi) is 4.16. The first-order valence-corrected chi connectivity index (χ1v) is 9.77. The minimum Gasteiger partial charge on any atom is -0.486 e. The Bertz CT molecular complexity index is 713. The second kappa shape index (κ2) is 6.18. The lowest BCUT2D eigenvalue weighted by Crippen LogP contribution is -2.55. The van der Waals surface area contributed by atoms with E-state index in [9.17, 15) is 8.42 Å². The second-order valence-electron chi connectivity index (χ2n) is 6.23. The molecule has 132 valence electrons. The number of hydrogen-bond donors (Lipinski definition) is 1. The number of sulfonamides is 1. The van der Waals surface area contributed by atoms with Gasteiger partial charge in [-0.05, 0) is 25.0 Å². The van der Waals surface area contributed by atoms with Crippen molar-refractivity contribution < 1.29 is 27.4 Å². The molecule has 1 saturated carbocycles. The van der Waals surface area contributed by atoms with E-state index in [1.807, 2.05) is 0 Å². The highest BCUT2D eigenvalue weighted by atomic mass is 32.2. The number of rotatable bonds is 3. The van der Waals surface area contributed by atoms with E-state index in [1.54, 1.807) is 6.07 Å². The first-order valence-electron chi connectivity index (χ1n) is 8.29. The molecule has 1 aromatic carbocycles. The van der Waals surface area contributed by atoms with Gasteiger partial charge in [0.05, 0.1) is 24.2 Å². The zero-order valence-corrected chi connectivity index (χ0v) is 14.1. The molecule has 1 aliphatic carbocycles. The molecule has 3 aliphatic rings. The van der Waals surface area contributed by atoms with Crippen molar-refractivity contribution in [1.29, 1.82) is 0 Å². The van der Waals surface area contributed by atoms with Crippen LogP contribution in [-0.2, 0) is 19.5 Å². The molecule has 2 aliphatic heterocycles. The van der Waals surface area contributed by atoms with Gasteiger partial charge in [0.1, 0.15) is 13.2 Å². The maximum absolute atomic E-state index is 12.8. The lowest BCUT2D eigenvalue weighted by Gasteiger charge is -2.39. The van der Waals surface area contributed by atoms with Crippen molar-refractivity contribution in [3.63, 3.8) is 0 Å². The lowest BCUT2D eigenvalue weighted by molar-refractivity contribution is -0.191. The van der Waals surface area contributed by atoms with Gasteiger partial charge in [-0.2, -0.15) is 0 Å². The average molecular weight is 355 g/mol. The number of fused-ring (bicyclic) bond motifs is 1. The van der Waals surface area contributed by atoms with Crippen LogP contribution in [0.15, 0.2) is 23.1 Å². The molecule has 8 heteroatoms. The van der Waals surface area contributed by atoms with Gasteiger partial charge in [0.25, 0.3) is 0 Å². The van der Waals surface area contributed by atoms with Crippen LogP contribution >= 0.6 is 0 Å². The van der Waals surface area contributed by atoms with Crippen LogP contribution in [0, 0.1) is 0 Å². The third kappa shape index (κ3) is 2.88. The minimum atomic E-state index is -3.70. The van der Waals surface area contributed by atoms with Crippen molar-refractivity contribution >= 4 is 10.0 Å². The molecule has 4 rings (SSSR count). The summed E-state index contributed by atoms with van der Waals surface area (Å²) >= 11 is 0. The third-order valence-corrected chi connectivity index (χ3v) is 6.17. The molecule has 1 saturated heterocycles. The molecule has 2 fully saturated rings. The van der Waals surface area contributed by atoms with Crippen molar-refractivity contribution in [3.8, 4) is 11.5 Å². The highest BCUT2D eigenvalue weighted by molar-refractivity contribution is 7.89. The van der Waals surface area contributed by atoms with E-state index in [1.165, 1.54) is 12.1 Å². The van der Waals surface area contributed by atoms with Gasteiger partial charge in [-0.3, -0.25) is 0 Å².